The summed E-state index contributed by atoms with van der Waals surface area (Å²) < 4.78 is 1.62. The summed E-state index contributed by atoms with van der Waals surface area (Å²) >= 11 is 0. The number of allylic oxidation sites excluding steroid dienone is 1. The van der Waals surface area contributed by atoms with Crippen LogP contribution in [0.25, 0.3) is 0 Å². The zero-order valence-electron chi connectivity index (χ0n) is 9.98. The highest BCUT2D eigenvalue weighted by Gasteiger charge is 2.18. The Hall–Kier alpha value is -2.71. The van der Waals surface area contributed by atoms with Crippen molar-refractivity contribution in [2.75, 3.05) is 0 Å². The first-order valence-corrected chi connectivity index (χ1v) is 5.26. The van der Waals surface area contributed by atoms with Gasteiger partial charge in [0, 0.05) is 19.2 Å². The van der Waals surface area contributed by atoms with Crippen molar-refractivity contribution in [2.24, 2.45) is 0 Å². The van der Waals surface area contributed by atoms with Gasteiger partial charge in [-0.1, -0.05) is 6.08 Å². The number of carbonyl (C=O) groups is 1. The molecule has 0 spiro atoms. The molecular weight excluding hydrogens is 258 g/mol. The van der Waals surface area contributed by atoms with E-state index in [-0.39, 0.29) is 13.1 Å². The molecule has 1 rings (SSSR count). The summed E-state index contributed by atoms with van der Waals surface area (Å²) in [5.74, 6) is -1.24. The average molecular weight is 269 g/mol. The highest BCUT2D eigenvalue weighted by atomic mass is 16.6. The Kier molecular flexibility index (Phi) is 4.35. The van der Waals surface area contributed by atoms with E-state index in [9.17, 15) is 24.5 Å². The predicted octanol–water partition coefficient (Wildman–Crippen LogP) is -0.421. The summed E-state index contributed by atoms with van der Waals surface area (Å²) in [6.07, 6.45) is 2.69. The number of carboxylic acids is 1. The molecule has 0 bridgehead atoms. The van der Waals surface area contributed by atoms with Gasteiger partial charge in [-0.05, 0) is 6.92 Å². The van der Waals surface area contributed by atoms with Crippen LogP contribution in [0.4, 0.5) is 5.69 Å². The maximum atomic E-state index is 11.8. The van der Waals surface area contributed by atoms with Gasteiger partial charge in [0.1, 0.15) is 0 Å². The normalized spacial score (nSPS) is 10.8. The van der Waals surface area contributed by atoms with Crippen molar-refractivity contribution in [2.45, 2.75) is 20.0 Å². The highest BCUT2D eigenvalue weighted by Crippen LogP contribution is 2.00. The van der Waals surface area contributed by atoms with Gasteiger partial charge in [-0.3, -0.25) is 24.0 Å². The first-order valence-electron chi connectivity index (χ1n) is 5.26. The van der Waals surface area contributed by atoms with E-state index in [0.717, 1.165) is 22.9 Å². The van der Waals surface area contributed by atoms with Crippen LogP contribution in [0, 0.1) is 10.1 Å². The maximum absolute atomic E-state index is 11.8. The van der Waals surface area contributed by atoms with Gasteiger partial charge in [-0.2, -0.15) is 0 Å². The molecule has 9 heteroatoms. The number of aryl methyl sites for hydroxylation is 1. The summed E-state index contributed by atoms with van der Waals surface area (Å²) in [4.78, 5) is 43.6. The van der Waals surface area contributed by atoms with Gasteiger partial charge >= 0.3 is 22.9 Å². The van der Waals surface area contributed by atoms with E-state index in [4.69, 9.17) is 5.11 Å². The van der Waals surface area contributed by atoms with Crippen LogP contribution in [-0.2, 0) is 17.9 Å². The molecule has 0 saturated carbocycles. The fraction of sp³-hybridized carbons (Fsp3) is 0.300. The third-order valence-corrected chi connectivity index (χ3v) is 2.30. The summed E-state index contributed by atoms with van der Waals surface area (Å²) in [5.41, 5.74) is -2.52. The number of hydrogen-bond acceptors (Lipinski definition) is 5. The average Bonchev–Trinajstić information content (AvgIpc) is 2.32. The van der Waals surface area contributed by atoms with Crippen molar-refractivity contribution in [3.8, 4) is 0 Å². The SMILES string of the molecule is CCn1cc([N+](=O)[O-])c(=O)n(CC=CC(=O)O)c1=O. The van der Waals surface area contributed by atoms with Gasteiger partial charge in [0.2, 0.25) is 0 Å². The minimum atomic E-state index is -1.24. The van der Waals surface area contributed by atoms with Gasteiger partial charge in [-0.25, -0.2) is 9.59 Å². The molecule has 0 aromatic carbocycles. The zero-order valence-corrected chi connectivity index (χ0v) is 9.98. The number of nitrogens with zero attached hydrogens (tertiary/aromatic N) is 3. The highest BCUT2D eigenvalue weighted by molar-refractivity contribution is 5.79. The Morgan fingerprint density at radius 3 is 2.63 bits per heavy atom. The monoisotopic (exact) mass is 269 g/mol. The van der Waals surface area contributed by atoms with Gasteiger partial charge in [0.05, 0.1) is 11.1 Å². The molecule has 0 aliphatic rings. The van der Waals surface area contributed by atoms with E-state index in [1.54, 1.807) is 6.92 Å². The van der Waals surface area contributed by atoms with Crippen LogP contribution in [0.2, 0.25) is 0 Å². The summed E-state index contributed by atoms with van der Waals surface area (Å²) in [6, 6.07) is 0. The number of carboxylic acid groups (broad SMARTS) is 1. The molecule has 1 N–H and O–H groups in total. The van der Waals surface area contributed by atoms with E-state index in [2.05, 4.69) is 0 Å². The summed E-state index contributed by atoms with van der Waals surface area (Å²) in [5, 5.41) is 19.1. The first-order chi connectivity index (χ1) is 8.88. The fourth-order valence-electron chi connectivity index (χ4n) is 1.41. The van der Waals surface area contributed by atoms with E-state index in [1.807, 2.05) is 0 Å². The molecule has 102 valence electrons. The quantitative estimate of drug-likeness (QED) is 0.439. The lowest BCUT2D eigenvalue weighted by atomic mass is 10.4. The lowest BCUT2D eigenvalue weighted by molar-refractivity contribution is -0.387. The summed E-state index contributed by atoms with van der Waals surface area (Å²) in [6.45, 7) is 1.40. The van der Waals surface area contributed by atoms with Crippen molar-refractivity contribution >= 4 is 11.7 Å². The lowest BCUT2D eigenvalue weighted by Gasteiger charge is -2.06. The number of aromatic nitrogens is 2. The molecule has 0 radical (unpaired) electrons. The van der Waals surface area contributed by atoms with Gasteiger partial charge in [-0.15, -0.1) is 0 Å². The van der Waals surface area contributed by atoms with Crippen molar-refractivity contribution in [1.29, 1.82) is 0 Å². The Morgan fingerprint density at radius 2 is 2.16 bits per heavy atom. The topological polar surface area (TPSA) is 124 Å². The minimum absolute atomic E-state index is 0.155. The molecule has 9 nitrogen and oxygen atoms in total. The molecule has 0 amide bonds. The van der Waals surface area contributed by atoms with Crippen LogP contribution in [-0.4, -0.2) is 25.1 Å². The van der Waals surface area contributed by atoms with E-state index >= 15 is 0 Å². The fourth-order valence-corrected chi connectivity index (χ4v) is 1.41. The number of rotatable bonds is 5. The standard InChI is InChI=1S/C10H11N3O6/c1-2-11-6-7(13(18)19)9(16)12(10(11)17)5-3-4-8(14)15/h3-4,6H,2,5H2,1H3,(H,14,15). The molecule has 0 atom stereocenters. The molecule has 1 aromatic rings. The number of aliphatic carboxylic acids is 1. The second-order valence-corrected chi connectivity index (χ2v) is 3.50. The molecule has 0 fully saturated rings. The van der Waals surface area contributed by atoms with Crippen LogP contribution in [0.15, 0.2) is 27.9 Å². The third kappa shape index (κ3) is 3.15. The summed E-state index contributed by atoms with van der Waals surface area (Å²) in [7, 11) is 0. The van der Waals surface area contributed by atoms with Crippen LogP contribution >= 0.6 is 0 Å². The molecule has 0 unspecified atom stereocenters. The Labute approximate surface area is 106 Å². The van der Waals surface area contributed by atoms with Gasteiger partial charge in [0.15, 0.2) is 0 Å². The third-order valence-electron chi connectivity index (χ3n) is 2.30. The van der Waals surface area contributed by atoms with Crippen LogP contribution < -0.4 is 11.2 Å². The Bertz CT molecular complexity index is 654. The largest absolute Gasteiger partial charge is 0.478 e. The van der Waals surface area contributed by atoms with Crippen LogP contribution in [0.1, 0.15) is 6.92 Å². The van der Waals surface area contributed by atoms with Crippen LogP contribution in [0.3, 0.4) is 0 Å². The van der Waals surface area contributed by atoms with Crippen molar-refractivity contribution in [3.05, 3.63) is 49.3 Å². The lowest BCUT2D eigenvalue weighted by Crippen LogP contribution is -2.40. The van der Waals surface area contributed by atoms with Gasteiger partial charge in [0.25, 0.3) is 0 Å². The maximum Gasteiger partial charge on any atom is 0.350 e. The Balaban J connectivity index is 3.40. The molecule has 0 saturated heterocycles. The smallest absolute Gasteiger partial charge is 0.350 e. The van der Waals surface area contributed by atoms with Gasteiger partial charge < -0.3 is 5.11 Å². The van der Waals surface area contributed by atoms with Crippen LogP contribution in [0.5, 0.6) is 0 Å². The molecule has 0 aliphatic carbocycles. The number of hydrogen-bond donors (Lipinski definition) is 1. The molecule has 19 heavy (non-hydrogen) atoms. The van der Waals surface area contributed by atoms with Crippen molar-refractivity contribution in [1.82, 2.24) is 9.13 Å². The molecular formula is C10H11N3O6. The second kappa shape index (κ2) is 5.76. The Morgan fingerprint density at radius 1 is 1.53 bits per heavy atom. The van der Waals surface area contributed by atoms with E-state index in [1.165, 1.54) is 0 Å². The molecule has 1 aromatic heterocycles. The molecule has 0 aliphatic heterocycles. The number of nitro groups is 1. The van der Waals surface area contributed by atoms with Crippen molar-refractivity contribution in [3.63, 3.8) is 0 Å². The molecule has 1 heterocycles. The second-order valence-electron chi connectivity index (χ2n) is 3.50. The predicted molar refractivity (Wildman–Crippen MR) is 64.1 cm³/mol. The van der Waals surface area contributed by atoms with E-state index < -0.39 is 27.8 Å². The van der Waals surface area contributed by atoms with E-state index in [0.29, 0.717) is 4.57 Å². The van der Waals surface area contributed by atoms with Crippen molar-refractivity contribution < 1.29 is 14.8 Å². The zero-order chi connectivity index (χ0) is 14.6. The minimum Gasteiger partial charge on any atom is -0.478 e. The first kappa shape index (κ1) is 14.4.